The Kier molecular flexibility index (Phi) is 4.03. The van der Waals surface area contributed by atoms with Gasteiger partial charge in [0.25, 0.3) is 5.89 Å². The third kappa shape index (κ3) is 2.56. The highest BCUT2D eigenvalue weighted by Gasteiger charge is 2.22. The van der Waals surface area contributed by atoms with Crippen LogP contribution in [-0.4, -0.2) is 28.9 Å². The van der Waals surface area contributed by atoms with Crippen molar-refractivity contribution in [2.75, 3.05) is 13.7 Å². The van der Waals surface area contributed by atoms with Gasteiger partial charge in [-0.15, -0.1) is 0 Å². The predicted molar refractivity (Wildman–Crippen MR) is 63.6 cm³/mol. The summed E-state index contributed by atoms with van der Waals surface area (Å²) >= 11 is 0. The van der Waals surface area contributed by atoms with Crippen LogP contribution in [0.3, 0.4) is 0 Å². The zero-order valence-electron chi connectivity index (χ0n) is 9.98. The van der Waals surface area contributed by atoms with Gasteiger partial charge in [0, 0.05) is 13.7 Å². The number of benzene rings is 1. The van der Waals surface area contributed by atoms with Gasteiger partial charge in [0.05, 0.1) is 0 Å². The van der Waals surface area contributed by atoms with Crippen LogP contribution in [0.4, 0.5) is 0 Å². The lowest BCUT2D eigenvalue weighted by Crippen LogP contribution is -2.12. The Labute approximate surface area is 104 Å². The van der Waals surface area contributed by atoms with Crippen LogP contribution >= 0.6 is 0 Å². The molecule has 0 amide bonds. The Morgan fingerprint density at radius 2 is 2.11 bits per heavy atom. The van der Waals surface area contributed by atoms with Gasteiger partial charge in [0.2, 0.25) is 5.82 Å². The fourth-order valence-corrected chi connectivity index (χ4v) is 1.61. The molecule has 1 aromatic heterocycles. The van der Waals surface area contributed by atoms with E-state index in [2.05, 4.69) is 10.1 Å². The first kappa shape index (κ1) is 12.7. The largest absolute Gasteiger partial charge is 0.382 e. The van der Waals surface area contributed by atoms with Crippen molar-refractivity contribution in [1.82, 2.24) is 10.1 Å². The molecule has 0 radical (unpaired) electrons. The maximum atomic E-state index is 9.51. The first-order valence-corrected chi connectivity index (χ1v) is 5.55. The quantitative estimate of drug-likeness (QED) is 0.813. The van der Waals surface area contributed by atoms with Crippen molar-refractivity contribution < 1.29 is 14.4 Å². The van der Waals surface area contributed by atoms with E-state index in [9.17, 15) is 5.11 Å². The maximum Gasteiger partial charge on any atom is 0.256 e. The second-order valence-corrected chi connectivity index (χ2v) is 3.77. The summed E-state index contributed by atoms with van der Waals surface area (Å²) < 4.78 is 10.3. The Balaban J connectivity index is 2.26. The van der Waals surface area contributed by atoms with Crippen molar-refractivity contribution in [2.24, 2.45) is 5.73 Å². The maximum absolute atomic E-state index is 9.51. The lowest BCUT2D eigenvalue weighted by Gasteiger charge is -2.10. The molecular formula is C12H15N3O3. The number of aliphatic hydroxyl groups is 1. The third-order valence-electron chi connectivity index (χ3n) is 2.54. The normalized spacial score (nSPS) is 14.4. The zero-order valence-corrected chi connectivity index (χ0v) is 9.98. The number of aromatic nitrogens is 2. The fourth-order valence-electron chi connectivity index (χ4n) is 1.61. The van der Waals surface area contributed by atoms with Crippen LogP contribution in [0.1, 0.15) is 29.5 Å². The summed E-state index contributed by atoms with van der Waals surface area (Å²) in [5.74, 6) is 0.469. The van der Waals surface area contributed by atoms with Crippen LogP contribution < -0.4 is 5.73 Å². The average Bonchev–Trinajstić information content (AvgIpc) is 2.89. The van der Waals surface area contributed by atoms with Gasteiger partial charge in [-0.1, -0.05) is 35.5 Å². The van der Waals surface area contributed by atoms with Crippen molar-refractivity contribution in [1.29, 1.82) is 0 Å². The molecule has 0 saturated heterocycles. The smallest absolute Gasteiger partial charge is 0.256 e. The molecule has 1 unspecified atom stereocenters. The number of methoxy groups -OCH3 is 1. The predicted octanol–water partition coefficient (Wildman–Crippen LogP) is 0.798. The Bertz CT molecular complexity index is 486. The highest BCUT2D eigenvalue weighted by molar-refractivity contribution is 5.22. The van der Waals surface area contributed by atoms with E-state index in [4.69, 9.17) is 15.0 Å². The van der Waals surface area contributed by atoms with Crippen LogP contribution in [0.2, 0.25) is 0 Å². The first-order valence-electron chi connectivity index (χ1n) is 5.55. The molecule has 2 aromatic rings. The molecular weight excluding hydrogens is 234 g/mol. The lowest BCUT2D eigenvalue weighted by atomic mass is 10.1. The van der Waals surface area contributed by atoms with Gasteiger partial charge in [-0.05, 0) is 5.56 Å². The Hall–Kier alpha value is -1.76. The number of nitrogens with zero attached hydrogens (tertiary/aromatic N) is 2. The highest BCUT2D eigenvalue weighted by atomic mass is 16.5. The van der Waals surface area contributed by atoms with E-state index >= 15 is 0 Å². The van der Waals surface area contributed by atoms with E-state index in [0.29, 0.717) is 5.82 Å². The van der Waals surface area contributed by atoms with Crippen molar-refractivity contribution in [3.8, 4) is 0 Å². The minimum atomic E-state index is -0.945. The summed E-state index contributed by atoms with van der Waals surface area (Å²) in [5.41, 5.74) is 6.24. The van der Waals surface area contributed by atoms with Gasteiger partial charge < -0.3 is 20.1 Å². The number of hydrogen-bond donors (Lipinski definition) is 2. The van der Waals surface area contributed by atoms with E-state index in [1.165, 1.54) is 0 Å². The van der Waals surface area contributed by atoms with Crippen LogP contribution in [0.5, 0.6) is 0 Å². The molecule has 1 heterocycles. The van der Waals surface area contributed by atoms with E-state index in [-0.39, 0.29) is 12.4 Å². The molecule has 0 fully saturated rings. The number of hydrogen-bond acceptors (Lipinski definition) is 6. The minimum Gasteiger partial charge on any atom is -0.382 e. The van der Waals surface area contributed by atoms with Crippen molar-refractivity contribution in [3.63, 3.8) is 0 Å². The lowest BCUT2D eigenvalue weighted by molar-refractivity contribution is 0.125. The molecule has 96 valence electrons. The monoisotopic (exact) mass is 249 g/mol. The van der Waals surface area contributed by atoms with Gasteiger partial charge in [0.1, 0.15) is 12.2 Å². The number of nitrogens with two attached hydrogens (primary N) is 1. The van der Waals surface area contributed by atoms with Crippen LogP contribution in [0, 0.1) is 0 Å². The average molecular weight is 249 g/mol. The molecule has 6 heteroatoms. The fraction of sp³-hybridized carbons (Fsp3) is 0.333. The van der Waals surface area contributed by atoms with Gasteiger partial charge in [-0.2, -0.15) is 4.98 Å². The molecule has 0 saturated carbocycles. The molecule has 18 heavy (non-hydrogen) atoms. The summed E-state index contributed by atoms with van der Waals surface area (Å²) in [7, 11) is 1.56. The molecule has 1 aromatic carbocycles. The van der Waals surface area contributed by atoms with Gasteiger partial charge in [-0.3, -0.25) is 0 Å². The molecule has 0 bridgehead atoms. The van der Waals surface area contributed by atoms with Crippen molar-refractivity contribution >= 4 is 0 Å². The first-order chi connectivity index (χ1) is 8.76. The number of rotatable bonds is 5. The summed E-state index contributed by atoms with van der Waals surface area (Å²) in [6.45, 7) is 0.0324. The van der Waals surface area contributed by atoms with Gasteiger partial charge in [-0.25, -0.2) is 0 Å². The second-order valence-electron chi connectivity index (χ2n) is 3.77. The second kappa shape index (κ2) is 5.72. The Morgan fingerprint density at radius 1 is 1.39 bits per heavy atom. The summed E-state index contributed by atoms with van der Waals surface area (Å²) in [4.78, 5) is 4.10. The summed E-state index contributed by atoms with van der Waals surface area (Å²) in [5, 5.41) is 13.3. The van der Waals surface area contributed by atoms with Crippen LogP contribution in [0.25, 0.3) is 0 Å². The van der Waals surface area contributed by atoms with Gasteiger partial charge >= 0.3 is 0 Å². The molecule has 0 aliphatic carbocycles. The van der Waals surface area contributed by atoms with Crippen molar-refractivity contribution in [2.45, 2.75) is 12.2 Å². The van der Waals surface area contributed by atoms with Gasteiger partial charge in [0.15, 0.2) is 0 Å². The zero-order chi connectivity index (χ0) is 13.0. The van der Waals surface area contributed by atoms with Crippen LogP contribution in [0.15, 0.2) is 34.9 Å². The summed E-state index contributed by atoms with van der Waals surface area (Å²) in [6, 6.07) is 9.53. The summed E-state index contributed by atoms with van der Waals surface area (Å²) in [6.07, 6.45) is -1.37. The number of ether oxygens (including phenoxy) is 1. The highest BCUT2D eigenvalue weighted by Crippen LogP contribution is 2.23. The molecule has 2 atom stereocenters. The van der Waals surface area contributed by atoms with E-state index < -0.39 is 12.2 Å². The van der Waals surface area contributed by atoms with Crippen LogP contribution in [-0.2, 0) is 4.74 Å². The van der Waals surface area contributed by atoms with E-state index in [0.717, 1.165) is 5.56 Å². The van der Waals surface area contributed by atoms with Crippen molar-refractivity contribution in [3.05, 3.63) is 47.6 Å². The van der Waals surface area contributed by atoms with E-state index in [1.54, 1.807) is 7.11 Å². The molecule has 2 rings (SSSR count). The number of aliphatic hydroxyl groups excluding tert-OH is 1. The SMILES string of the molecule is COC(c1ccccc1)c1noc([C@@H](O)CN)n1. The minimum absolute atomic E-state index is 0.0324. The van der Waals surface area contributed by atoms with E-state index in [1.807, 2.05) is 30.3 Å². The topological polar surface area (TPSA) is 94.4 Å². The molecule has 3 N–H and O–H groups in total. The Morgan fingerprint density at radius 3 is 2.72 bits per heavy atom. The standard InChI is InChI=1S/C12H15N3O3/c1-17-10(8-5-3-2-4-6-8)11-14-12(18-15-11)9(16)7-13/h2-6,9-10,16H,7,13H2,1H3/t9-,10?/m0/s1. The third-order valence-corrected chi connectivity index (χ3v) is 2.54. The molecule has 6 nitrogen and oxygen atoms in total. The molecule has 0 aliphatic heterocycles. The molecule has 0 spiro atoms. The molecule has 0 aliphatic rings.